The van der Waals surface area contributed by atoms with E-state index < -0.39 is 0 Å². The zero-order valence-corrected chi connectivity index (χ0v) is 8.41. The summed E-state index contributed by atoms with van der Waals surface area (Å²) in [7, 11) is 0. The van der Waals surface area contributed by atoms with E-state index in [4.69, 9.17) is 5.73 Å². The van der Waals surface area contributed by atoms with Crippen LogP contribution in [0, 0.1) is 0 Å². The van der Waals surface area contributed by atoms with Crippen LogP contribution in [-0.4, -0.2) is 5.11 Å². The number of benzene rings is 1. The molecule has 0 spiro atoms. The molecule has 0 saturated carbocycles. The predicted molar refractivity (Wildman–Crippen MR) is 54.8 cm³/mol. The van der Waals surface area contributed by atoms with Gasteiger partial charge in [-0.3, -0.25) is 0 Å². The maximum atomic E-state index is 9.51. The Balaban J connectivity index is 3.11. The molecule has 0 aliphatic carbocycles. The first-order valence-corrected chi connectivity index (χ1v) is 4.60. The summed E-state index contributed by atoms with van der Waals surface area (Å²) in [5.41, 5.74) is 7.76. The molecule has 0 saturated heterocycles. The molecule has 0 aliphatic heterocycles. The molecule has 1 aromatic carbocycles. The van der Waals surface area contributed by atoms with Crippen LogP contribution in [0.4, 0.5) is 0 Å². The van der Waals surface area contributed by atoms with Crippen molar-refractivity contribution in [1.82, 2.24) is 0 Å². The third kappa shape index (κ3) is 2.22. The molecule has 0 aromatic heterocycles. The Kier molecular flexibility index (Phi) is 2.94. The standard InChI is InChI=1S/C11H17NO/c1-7(2)9-4-5-11(13)10(6-9)8(3)12/h4-8,13H,12H2,1-3H3. The molecule has 0 fully saturated rings. The van der Waals surface area contributed by atoms with E-state index in [-0.39, 0.29) is 6.04 Å². The van der Waals surface area contributed by atoms with Gasteiger partial charge in [-0.05, 0) is 24.5 Å². The summed E-state index contributed by atoms with van der Waals surface area (Å²) in [4.78, 5) is 0. The van der Waals surface area contributed by atoms with Gasteiger partial charge in [0.25, 0.3) is 0 Å². The van der Waals surface area contributed by atoms with E-state index in [0.29, 0.717) is 11.7 Å². The minimum atomic E-state index is -0.112. The summed E-state index contributed by atoms with van der Waals surface area (Å²) in [6.07, 6.45) is 0. The van der Waals surface area contributed by atoms with Gasteiger partial charge in [0.15, 0.2) is 0 Å². The number of phenolic OH excluding ortho intramolecular Hbond substituents is 1. The number of aromatic hydroxyl groups is 1. The molecular weight excluding hydrogens is 162 g/mol. The Morgan fingerprint density at radius 1 is 1.23 bits per heavy atom. The highest BCUT2D eigenvalue weighted by atomic mass is 16.3. The van der Waals surface area contributed by atoms with E-state index in [2.05, 4.69) is 13.8 Å². The van der Waals surface area contributed by atoms with Crippen LogP contribution in [0.5, 0.6) is 5.75 Å². The molecule has 3 N–H and O–H groups in total. The molecule has 2 nitrogen and oxygen atoms in total. The molecule has 1 unspecified atom stereocenters. The maximum Gasteiger partial charge on any atom is 0.120 e. The first kappa shape index (κ1) is 10.1. The monoisotopic (exact) mass is 179 g/mol. The van der Waals surface area contributed by atoms with Gasteiger partial charge in [-0.1, -0.05) is 26.0 Å². The van der Waals surface area contributed by atoms with Crippen molar-refractivity contribution < 1.29 is 5.11 Å². The van der Waals surface area contributed by atoms with Crippen molar-refractivity contribution in [3.8, 4) is 5.75 Å². The normalized spacial score (nSPS) is 13.3. The van der Waals surface area contributed by atoms with Gasteiger partial charge >= 0.3 is 0 Å². The van der Waals surface area contributed by atoms with Crippen molar-refractivity contribution in [3.63, 3.8) is 0 Å². The molecule has 0 aliphatic rings. The van der Waals surface area contributed by atoms with Crippen LogP contribution >= 0.6 is 0 Å². The highest BCUT2D eigenvalue weighted by Crippen LogP contribution is 2.26. The van der Waals surface area contributed by atoms with E-state index in [1.54, 1.807) is 6.07 Å². The zero-order chi connectivity index (χ0) is 10.0. The van der Waals surface area contributed by atoms with Crippen LogP contribution < -0.4 is 5.73 Å². The zero-order valence-electron chi connectivity index (χ0n) is 8.41. The molecular formula is C11H17NO. The summed E-state index contributed by atoms with van der Waals surface area (Å²) >= 11 is 0. The second-order valence-corrected chi connectivity index (χ2v) is 3.76. The second kappa shape index (κ2) is 3.79. The first-order valence-electron chi connectivity index (χ1n) is 4.60. The van der Waals surface area contributed by atoms with E-state index >= 15 is 0 Å². The number of rotatable bonds is 2. The van der Waals surface area contributed by atoms with Crippen molar-refractivity contribution in [2.24, 2.45) is 5.73 Å². The summed E-state index contributed by atoms with van der Waals surface area (Å²) in [5.74, 6) is 0.762. The van der Waals surface area contributed by atoms with E-state index in [1.807, 2.05) is 19.1 Å². The molecule has 1 atom stereocenters. The first-order chi connectivity index (χ1) is 6.02. The Labute approximate surface area is 79.4 Å². The number of hydrogen-bond acceptors (Lipinski definition) is 2. The fourth-order valence-electron chi connectivity index (χ4n) is 1.30. The SMILES string of the molecule is CC(C)c1ccc(O)c(C(C)N)c1. The minimum absolute atomic E-state index is 0.112. The maximum absolute atomic E-state index is 9.51. The van der Waals surface area contributed by atoms with Gasteiger partial charge in [0, 0.05) is 11.6 Å². The molecule has 1 rings (SSSR count). The molecule has 2 heteroatoms. The van der Waals surface area contributed by atoms with Gasteiger partial charge in [-0.15, -0.1) is 0 Å². The highest BCUT2D eigenvalue weighted by molar-refractivity contribution is 5.38. The second-order valence-electron chi connectivity index (χ2n) is 3.76. The van der Waals surface area contributed by atoms with Crippen LogP contribution in [0.15, 0.2) is 18.2 Å². The van der Waals surface area contributed by atoms with E-state index in [9.17, 15) is 5.11 Å². The molecule has 0 heterocycles. The van der Waals surface area contributed by atoms with Crippen LogP contribution in [-0.2, 0) is 0 Å². The van der Waals surface area contributed by atoms with Crippen LogP contribution in [0.1, 0.15) is 43.9 Å². The Hall–Kier alpha value is -1.02. The minimum Gasteiger partial charge on any atom is -0.508 e. The lowest BCUT2D eigenvalue weighted by Crippen LogP contribution is -2.06. The molecule has 13 heavy (non-hydrogen) atoms. The Bertz CT molecular complexity index is 292. The summed E-state index contributed by atoms with van der Waals surface area (Å²) in [6, 6.07) is 5.52. The molecule has 0 amide bonds. The topological polar surface area (TPSA) is 46.2 Å². The van der Waals surface area contributed by atoms with E-state index in [0.717, 1.165) is 5.56 Å². The van der Waals surface area contributed by atoms with Crippen molar-refractivity contribution in [2.45, 2.75) is 32.7 Å². The molecule has 0 bridgehead atoms. The van der Waals surface area contributed by atoms with Gasteiger partial charge < -0.3 is 10.8 Å². The summed E-state index contributed by atoms with van der Waals surface area (Å²) in [5, 5.41) is 9.51. The Morgan fingerprint density at radius 2 is 1.85 bits per heavy atom. The van der Waals surface area contributed by atoms with Gasteiger partial charge in [0.05, 0.1) is 0 Å². The van der Waals surface area contributed by atoms with Crippen molar-refractivity contribution in [2.75, 3.05) is 0 Å². The third-order valence-electron chi connectivity index (χ3n) is 2.21. The highest BCUT2D eigenvalue weighted by Gasteiger charge is 2.08. The van der Waals surface area contributed by atoms with Crippen LogP contribution in [0.3, 0.4) is 0 Å². The fraction of sp³-hybridized carbons (Fsp3) is 0.455. The van der Waals surface area contributed by atoms with Gasteiger partial charge in [-0.2, -0.15) is 0 Å². The van der Waals surface area contributed by atoms with Gasteiger partial charge in [-0.25, -0.2) is 0 Å². The van der Waals surface area contributed by atoms with Crippen LogP contribution in [0.25, 0.3) is 0 Å². The lowest BCUT2D eigenvalue weighted by atomic mass is 9.98. The average molecular weight is 179 g/mol. The van der Waals surface area contributed by atoms with Crippen molar-refractivity contribution in [1.29, 1.82) is 0 Å². The summed E-state index contributed by atoms with van der Waals surface area (Å²) < 4.78 is 0. The van der Waals surface area contributed by atoms with Crippen LogP contribution in [0.2, 0.25) is 0 Å². The average Bonchev–Trinajstić information content (AvgIpc) is 2.04. The predicted octanol–water partition coefficient (Wildman–Crippen LogP) is 2.54. The van der Waals surface area contributed by atoms with Gasteiger partial charge in [0.2, 0.25) is 0 Å². The lowest BCUT2D eigenvalue weighted by Gasteiger charge is -2.12. The number of hydrogen-bond donors (Lipinski definition) is 2. The Morgan fingerprint density at radius 3 is 2.31 bits per heavy atom. The molecule has 1 aromatic rings. The van der Waals surface area contributed by atoms with Crippen molar-refractivity contribution in [3.05, 3.63) is 29.3 Å². The van der Waals surface area contributed by atoms with E-state index in [1.165, 1.54) is 5.56 Å². The fourth-order valence-corrected chi connectivity index (χ4v) is 1.30. The molecule has 0 radical (unpaired) electrons. The third-order valence-corrected chi connectivity index (χ3v) is 2.21. The number of nitrogens with two attached hydrogens (primary N) is 1. The largest absolute Gasteiger partial charge is 0.508 e. The van der Waals surface area contributed by atoms with Gasteiger partial charge in [0.1, 0.15) is 5.75 Å². The smallest absolute Gasteiger partial charge is 0.120 e. The van der Waals surface area contributed by atoms with Crippen molar-refractivity contribution >= 4 is 0 Å². The quantitative estimate of drug-likeness (QED) is 0.732. The molecule has 72 valence electrons. The summed E-state index contributed by atoms with van der Waals surface area (Å²) in [6.45, 7) is 6.12. The number of phenols is 1. The lowest BCUT2D eigenvalue weighted by molar-refractivity contribution is 0.463.